The summed E-state index contributed by atoms with van der Waals surface area (Å²) in [5.41, 5.74) is 4.05. The van der Waals surface area contributed by atoms with Gasteiger partial charge in [-0.05, 0) is 55.5 Å². The van der Waals surface area contributed by atoms with Crippen molar-refractivity contribution >= 4 is 46.4 Å². The standard InChI is InChI=1S/C21H16ClN3.ClH/c1-14-6-12-17(13-7-14)23-21-18-4-2-3-5-19(18)24-20(25-21)15-8-10-16(22)11-9-15;/h2-13H,1H3,(H,23,24,25);1H. The zero-order valence-electron chi connectivity index (χ0n) is 14.1. The maximum absolute atomic E-state index is 5.99. The van der Waals surface area contributed by atoms with E-state index in [2.05, 4.69) is 24.4 Å². The summed E-state index contributed by atoms with van der Waals surface area (Å²) in [7, 11) is 0. The van der Waals surface area contributed by atoms with Crippen LogP contribution in [-0.4, -0.2) is 9.97 Å². The number of anilines is 2. The predicted octanol–water partition coefficient (Wildman–Crippen LogP) is 6.42. The van der Waals surface area contributed by atoms with Crippen LogP contribution in [0.15, 0.2) is 72.8 Å². The van der Waals surface area contributed by atoms with Gasteiger partial charge < -0.3 is 5.32 Å². The molecule has 0 unspecified atom stereocenters. The van der Waals surface area contributed by atoms with E-state index in [9.17, 15) is 0 Å². The average Bonchev–Trinajstić information content (AvgIpc) is 2.64. The van der Waals surface area contributed by atoms with Crippen molar-refractivity contribution in [3.63, 3.8) is 0 Å². The first-order valence-corrected chi connectivity index (χ1v) is 8.43. The van der Waals surface area contributed by atoms with E-state index in [1.807, 2.05) is 60.7 Å². The molecule has 0 aliphatic rings. The second kappa shape index (κ2) is 7.73. The molecule has 0 aliphatic carbocycles. The molecule has 0 aliphatic heterocycles. The first-order chi connectivity index (χ1) is 12.2. The maximum Gasteiger partial charge on any atom is 0.162 e. The lowest BCUT2D eigenvalue weighted by atomic mass is 10.1. The molecule has 26 heavy (non-hydrogen) atoms. The molecule has 0 amide bonds. The largest absolute Gasteiger partial charge is 0.340 e. The number of rotatable bonds is 3. The molecular weight excluding hydrogens is 365 g/mol. The summed E-state index contributed by atoms with van der Waals surface area (Å²) >= 11 is 5.99. The van der Waals surface area contributed by atoms with E-state index < -0.39 is 0 Å². The molecule has 0 bridgehead atoms. The van der Waals surface area contributed by atoms with Gasteiger partial charge in [-0.15, -0.1) is 12.4 Å². The molecule has 1 N–H and O–H groups in total. The van der Waals surface area contributed by atoms with Crippen LogP contribution < -0.4 is 5.32 Å². The highest BCUT2D eigenvalue weighted by Gasteiger charge is 2.09. The van der Waals surface area contributed by atoms with Crippen LogP contribution in [0.2, 0.25) is 5.02 Å². The number of aryl methyl sites for hydroxylation is 1. The van der Waals surface area contributed by atoms with E-state index in [0.29, 0.717) is 10.8 Å². The highest BCUT2D eigenvalue weighted by atomic mass is 35.5. The van der Waals surface area contributed by atoms with Gasteiger partial charge in [-0.25, -0.2) is 9.97 Å². The van der Waals surface area contributed by atoms with Crippen molar-refractivity contribution in [2.24, 2.45) is 0 Å². The molecule has 0 saturated heterocycles. The molecule has 5 heteroatoms. The van der Waals surface area contributed by atoms with Gasteiger partial charge in [0.2, 0.25) is 0 Å². The SMILES string of the molecule is Cc1ccc(Nc2nc(-c3ccc(Cl)cc3)nc3ccccc23)cc1.Cl. The quantitative estimate of drug-likeness (QED) is 0.444. The molecule has 4 rings (SSSR count). The third-order valence-corrected chi connectivity index (χ3v) is 4.27. The van der Waals surface area contributed by atoms with Crippen molar-refractivity contribution < 1.29 is 0 Å². The van der Waals surface area contributed by atoms with Crippen molar-refractivity contribution in [2.75, 3.05) is 5.32 Å². The number of para-hydroxylation sites is 1. The van der Waals surface area contributed by atoms with Gasteiger partial charge in [-0.2, -0.15) is 0 Å². The fourth-order valence-corrected chi connectivity index (χ4v) is 2.80. The Labute approximate surface area is 163 Å². The number of aromatic nitrogens is 2. The van der Waals surface area contributed by atoms with E-state index in [1.165, 1.54) is 5.56 Å². The summed E-state index contributed by atoms with van der Waals surface area (Å²) in [6.45, 7) is 2.07. The third kappa shape index (κ3) is 3.79. The molecule has 0 spiro atoms. The molecule has 3 nitrogen and oxygen atoms in total. The molecule has 4 aromatic rings. The van der Waals surface area contributed by atoms with Gasteiger partial charge in [0.1, 0.15) is 5.82 Å². The van der Waals surface area contributed by atoms with E-state index in [0.717, 1.165) is 28.0 Å². The van der Waals surface area contributed by atoms with E-state index in [4.69, 9.17) is 21.6 Å². The second-order valence-electron chi connectivity index (χ2n) is 5.91. The Morgan fingerprint density at radius 2 is 1.50 bits per heavy atom. The lowest BCUT2D eigenvalue weighted by molar-refractivity contribution is 1.22. The first kappa shape index (κ1) is 18.2. The van der Waals surface area contributed by atoms with Crippen LogP contribution in [-0.2, 0) is 0 Å². The molecule has 0 radical (unpaired) electrons. The monoisotopic (exact) mass is 381 g/mol. The topological polar surface area (TPSA) is 37.8 Å². The fraction of sp³-hybridized carbons (Fsp3) is 0.0476. The van der Waals surface area contributed by atoms with Gasteiger partial charge in [-0.1, -0.05) is 41.4 Å². The maximum atomic E-state index is 5.99. The zero-order chi connectivity index (χ0) is 17.2. The zero-order valence-corrected chi connectivity index (χ0v) is 15.7. The Morgan fingerprint density at radius 3 is 2.23 bits per heavy atom. The van der Waals surface area contributed by atoms with Crippen LogP contribution >= 0.6 is 24.0 Å². The van der Waals surface area contributed by atoms with E-state index in [1.54, 1.807) is 0 Å². The second-order valence-corrected chi connectivity index (χ2v) is 6.35. The summed E-state index contributed by atoms with van der Waals surface area (Å²) in [5, 5.41) is 5.10. The van der Waals surface area contributed by atoms with Crippen molar-refractivity contribution in [1.82, 2.24) is 9.97 Å². The number of halogens is 2. The minimum Gasteiger partial charge on any atom is -0.340 e. The highest BCUT2D eigenvalue weighted by Crippen LogP contribution is 2.27. The van der Waals surface area contributed by atoms with Crippen LogP contribution in [0.3, 0.4) is 0 Å². The smallest absolute Gasteiger partial charge is 0.162 e. The lowest BCUT2D eigenvalue weighted by Gasteiger charge is -2.11. The summed E-state index contributed by atoms with van der Waals surface area (Å²) in [6, 6.07) is 23.8. The van der Waals surface area contributed by atoms with Gasteiger partial charge in [0.15, 0.2) is 5.82 Å². The molecular formula is C21H17Cl2N3. The number of fused-ring (bicyclic) bond motifs is 1. The Morgan fingerprint density at radius 1 is 0.808 bits per heavy atom. The third-order valence-electron chi connectivity index (χ3n) is 4.02. The number of nitrogens with one attached hydrogen (secondary N) is 1. The molecule has 3 aromatic carbocycles. The molecule has 0 saturated carbocycles. The van der Waals surface area contributed by atoms with Gasteiger partial charge in [0.25, 0.3) is 0 Å². The Balaban J connectivity index is 0.00000196. The van der Waals surface area contributed by atoms with Crippen molar-refractivity contribution in [2.45, 2.75) is 6.92 Å². The van der Waals surface area contributed by atoms with Crippen LogP contribution in [0, 0.1) is 6.92 Å². The molecule has 1 heterocycles. The molecule has 0 fully saturated rings. The average molecular weight is 382 g/mol. The van der Waals surface area contributed by atoms with Gasteiger partial charge >= 0.3 is 0 Å². The minimum atomic E-state index is 0. The van der Waals surface area contributed by atoms with Gasteiger partial charge in [0, 0.05) is 21.7 Å². The van der Waals surface area contributed by atoms with Crippen LogP contribution in [0.25, 0.3) is 22.3 Å². The molecule has 130 valence electrons. The van der Waals surface area contributed by atoms with Crippen LogP contribution in [0.5, 0.6) is 0 Å². The number of hydrogen-bond acceptors (Lipinski definition) is 3. The molecule has 1 aromatic heterocycles. The number of benzene rings is 3. The fourth-order valence-electron chi connectivity index (χ4n) is 2.67. The van der Waals surface area contributed by atoms with Crippen molar-refractivity contribution in [1.29, 1.82) is 0 Å². The molecule has 0 atom stereocenters. The number of hydrogen-bond donors (Lipinski definition) is 1. The summed E-state index contributed by atoms with van der Waals surface area (Å²) in [5.74, 6) is 1.46. The Bertz CT molecular complexity index is 1030. The summed E-state index contributed by atoms with van der Waals surface area (Å²) in [4.78, 5) is 9.45. The first-order valence-electron chi connectivity index (χ1n) is 8.05. The van der Waals surface area contributed by atoms with E-state index in [-0.39, 0.29) is 12.4 Å². The highest BCUT2D eigenvalue weighted by molar-refractivity contribution is 6.30. The van der Waals surface area contributed by atoms with Crippen LogP contribution in [0.4, 0.5) is 11.5 Å². The summed E-state index contributed by atoms with van der Waals surface area (Å²) < 4.78 is 0. The normalized spacial score (nSPS) is 10.4. The Hall–Kier alpha value is -2.62. The summed E-state index contributed by atoms with van der Waals surface area (Å²) in [6.07, 6.45) is 0. The predicted molar refractivity (Wildman–Crippen MR) is 112 cm³/mol. The lowest BCUT2D eigenvalue weighted by Crippen LogP contribution is -1.99. The van der Waals surface area contributed by atoms with Crippen molar-refractivity contribution in [3.8, 4) is 11.4 Å². The minimum absolute atomic E-state index is 0. The van der Waals surface area contributed by atoms with Gasteiger partial charge in [0.05, 0.1) is 5.52 Å². The Kier molecular flexibility index (Phi) is 5.40. The van der Waals surface area contributed by atoms with Gasteiger partial charge in [-0.3, -0.25) is 0 Å². The van der Waals surface area contributed by atoms with Crippen LogP contribution in [0.1, 0.15) is 5.56 Å². The number of nitrogens with zero attached hydrogens (tertiary/aromatic N) is 2. The van der Waals surface area contributed by atoms with E-state index >= 15 is 0 Å². The van der Waals surface area contributed by atoms with Crippen molar-refractivity contribution in [3.05, 3.63) is 83.4 Å².